The number of pyridine rings is 1. The first-order valence-electron chi connectivity index (χ1n) is 11.7. The van der Waals surface area contributed by atoms with Gasteiger partial charge < -0.3 is 18.9 Å². The Morgan fingerprint density at radius 3 is 2.57 bits per heavy atom. The molecular formula is C22H31F2N3O7S. The van der Waals surface area contributed by atoms with Gasteiger partial charge >= 0.3 is 11.9 Å². The molecule has 1 N–H and O–H groups in total. The number of fused-ring (bicyclic) bond motifs is 7. The molecule has 4 bridgehead atoms. The number of halogens is 2. The molecule has 1 aromatic rings. The Morgan fingerprint density at radius 2 is 1.89 bits per heavy atom. The Bertz CT molecular complexity index is 1000. The molecule has 1 aromatic heterocycles. The van der Waals surface area contributed by atoms with Gasteiger partial charge in [0.25, 0.3) is 10.0 Å². The van der Waals surface area contributed by atoms with Gasteiger partial charge in [-0.1, -0.05) is 0 Å². The fourth-order valence-electron chi connectivity index (χ4n) is 5.07. The van der Waals surface area contributed by atoms with Crippen LogP contribution in [0.25, 0.3) is 0 Å². The largest absolute Gasteiger partial charge is 0.496 e. The van der Waals surface area contributed by atoms with Gasteiger partial charge in [0.1, 0.15) is 19.0 Å². The third kappa shape index (κ3) is 5.95. The van der Waals surface area contributed by atoms with E-state index in [2.05, 4.69) is 9.71 Å². The maximum atomic E-state index is 13.0. The predicted molar refractivity (Wildman–Crippen MR) is 120 cm³/mol. The second-order valence-electron chi connectivity index (χ2n) is 9.13. The number of rotatable bonds is 4. The van der Waals surface area contributed by atoms with E-state index in [1.54, 1.807) is 20.1 Å². The molecule has 1 aliphatic carbocycles. The molecule has 1 saturated carbocycles. The van der Waals surface area contributed by atoms with Crippen molar-refractivity contribution in [2.45, 2.75) is 74.9 Å². The molecule has 3 atom stereocenters. The van der Waals surface area contributed by atoms with Crippen LogP contribution >= 0.6 is 0 Å². The Kier molecular flexibility index (Phi) is 7.96. The number of hydrogen-bond acceptors (Lipinski definition) is 8. The lowest BCUT2D eigenvalue weighted by Gasteiger charge is -2.33. The van der Waals surface area contributed by atoms with Crippen molar-refractivity contribution < 1.29 is 40.9 Å². The van der Waals surface area contributed by atoms with Gasteiger partial charge in [-0.2, -0.15) is 8.78 Å². The summed E-state index contributed by atoms with van der Waals surface area (Å²) in [7, 11) is -3.27. The van der Waals surface area contributed by atoms with Crippen molar-refractivity contribution in [2.24, 2.45) is 0 Å². The van der Waals surface area contributed by atoms with Crippen molar-refractivity contribution in [2.75, 3.05) is 26.9 Å². The number of carbonyl (C=O) groups is 1. The quantitative estimate of drug-likeness (QED) is 0.646. The van der Waals surface area contributed by atoms with Crippen molar-refractivity contribution in [3.05, 3.63) is 17.8 Å². The number of hydrogen-bond donors (Lipinski definition) is 1. The molecule has 4 aliphatic rings. The first-order valence-corrected chi connectivity index (χ1v) is 13.3. The van der Waals surface area contributed by atoms with Gasteiger partial charge in [-0.25, -0.2) is 22.9 Å². The second kappa shape index (κ2) is 10.8. The lowest BCUT2D eigenvalue weighted by molar-refractivity contribution is -0.0119. The van der Waals surface area contributed by atoms with E-state index in [0.29, 0.717) is 11.6 Å². The molecule has 0 spiro atoms. The lowest BCUT2D eigenvalue weighted by atomic mass is 9.85. The molecule has 196 valence electrons. The summed E-state index contributed by atoms with van der Waals surface area (Å²) >= 11 is 0. The van der Waals surface area contributed by atoms with Gasteiger partial charge in [0.2, 0.25) is 5.88 Å². The average molecular weight is 520 g/mol. The number of ether oxygens (including phenoxy) is 4. The molecule has 13 heteroatoms. The molecule has 4 heterocycles. The van der Waals surface area contributed by atoms with Crippen LogP contribution < -0.4 is 14.2 Å². The molecule has 0 aromatic carbocycles. The van der Waals surface area contributed by atoms with E-state index in [1.165, 1.54) is 4.90 Å². The molecule has 0 radical (unpaired) electrons. The fraction of sp³-hybridized carbons (Fsp3) is 0.727. The highest BCUT2D eigenvalue weighted by Gasteiger charge is 2.46. The SMILES string of the molecule is COc1cc2nc(c1)C1CCC(CC1)OC[C@H]1[C@@H](NS(=O)(=O)C(F)F)C[C@@H](C)N1C(=O)OCCO2. The molecule has 2 fully saturated rings. The zero-order valence-corrected chi connectivity index (χ0v) is 20.5. The van der Waals surface area contributed by atoms with Crippen LogP contribution in [0.1, 0.15) is 50.6 Å². The zero-order chi connectivity index (χ0) is 25.2. The number of nitrogens with one attached hydrogen (secondary N) is 1. The van der Waals surface area contributed by atoms with E-state index in [1.807, 2.05) is 6.07 Å². The standard InChI is InChI=1S/C22H31F2N3O7S/c1-13-9-18(26-35(29,30)21(23)24)19-12-34-15-5-3-14(4-6-15)17-10-16(31-2)11-20(25-17)32-7-8-33-22(28)27(13)19/h10-11,13-15,18-19,21,26H,3-9,12H2,1-2H3/t13-,14?,15?,18+,19+/m1/s1. The summed E-state index contributed by atoms with van der Waals surface area (Å²) in [4.78, 5) is 18.9. The number of carbonyl (C=O) groups excluding carboxylic acids is 1. The van der Waals surface area contributed by atoms with E-state index in [0.717, 1.165) is 31.4 Å². The van der Waals surface area contributed by atoms with Crippen LogP contribution in [-0.2, 0) is 19.5 Å². The average Bonchev–Trinajstić information content (AvgIpc) is 3.13. The summed E-state index contributed by atoms with van der Waals surface area (Å²) < 4.78 is 74.4. The highest BCUT2D eigenvalue weighted by molar-refractivity contribution is 7.89. The van der Waals surface area contributed by atoms with Crippen molar-refractivity contribution >= 4 is 16.1 Å². The maximum absolute atomic E-state index is 13.0. The zero-order valence-electron chi connectivity index (χ0n) is 19.7. The van der Waals surface area contributed by atoms with E-state index in [-0.39, 0.29) is 38.3 Å². The number of alkyl halides is 2. The van der Waals surface area contributed by atoms with E-state index < -0.39 is 40.0 Å². The van der Waals surface area contributed by atoms with Crippen molar-refractivity contribution in [3.8, 4) is 11.6 Å². The summed E-state index contributed by atoms with van der Waals surface area (Å²) in [5, 5.41) is 0. The Morgan fingerprint density at radius 1 is 1.17 bits per heavy atom. The summed E-state index contributed by atoms with van der Waals surface area (Å²) in [6.45, 7) is 1.68. The van der Waals surface area contributed by atoms with Crippen LogP contribution in [0.4, 0.5) is 13.6 Å². The van der Waals surface area contributed by atoms with Gasteiger partial charge in [-0.3, -0.25) is 4.90 Å². The molecule has 5 rings (SSSR count). The van der Waals surface area contributed by atoms with Gasteiger partial charge in [0.05, 0.1) is 31.6 Å². The molecule has 10 nitrogen and oxygen atoms in total. The smallest absolute Gasteiger partial charge is 0.410 e. The molecule has 0 unspecified atom stereocenters. The first-order chi connectivity index (χ1) is 16.7. The Labute approximate surface area is 203 Å². The molecule has 35 heavy (non-hydrogen) atoms. The van der Waals surface area contributed by atoms with Crippen LogP contribution in [0, 0.1) is 0 Å². The van der Waals surface area contributed by atoms with Gasteiger partial charge in [0, 0.05) is 30.1 Å². The van der Waals surface area contributed by atoms with Crippen LogP contribution in [0.3, 0.4) is 0 Å². The monoisotopic (exact) mass is 519 g/mol. The van der Waals surface area contributed by atoms with Gasteiger partial charge in [-0.05, 0) is 39.0 Å². The van der Waals surface area contributed by atoms with E-state index in [9.17, 15) is 22.0 Å². The minimum absolute atomic E-state index is 0.00323. The van der Waals surface area contributed by atoms with Crippen LogP contribution in [0.2, 0.25) is 0 Å². The minimum Gasteiger partial charge on any atom is -0.496 e. The van der Waals surface area contributed by atoms with Crippen LogP contribution in [0.15, 0.2) is 12.1 Å². The Hall–Kier alpha value is -2.25. The van der Waals surface area contributed by atoms with Crippen molar-refractivity contribution in [3.63, 3.8) is 0 Å². The highest BCUT2D eigenvalue weighted by atomic mass is 32.2. The minimum atomic E-state index is -4.84. The van der Waals surface area contributed by atoms with Crippen LogP contribution in [-0.4, -0.2) is 81.3 Å². The summed E-state index contributed by atoms with van der Waals surface area (Å²) in [6.07, 6.45) is 2.47. The third-order valence-electron chi connectivity index (χ3n) is 6.84. The number of methoxy groups -OCH3 is 1. The maximum Gasteiger partial charge on any atom is 0.410 e. The van der Waals surface area contributed by atoms with E-state index >= 15 is 0 Å². The summed E-state index contributed by atoms with van der Waals surface area (Å²) in [5.41, 5.74) is 0.860. The van der Waals surface area contributed by atoms with Gasteiger partial charge in [0.15, 0.2) is 0 Å². The Balaban J connectivity index is 1.55. The van der Waals surface area contributed by atoms with Crippen molar-refractivity contribution in [1.82, 2.24) is 14.6 Å². The van der Waals surface area contributed by atoms with E-state index in [4.69, 9.17) is 18.9 Å². The molecule has 3 aliphatic heterocycles. The predicted octanol–water partition coefficient (Wildman–Crippen LogP) is 2.64. The molecule has 1 amide bonds. The number of sulfonamides is 1. The topological polar surface area (TPSA) is 116 Å². The lowest BCUT2D eigenvalue weighted by Crippen LogP contribution is -2.51. The number of amides is 1. The molecule has 1 saturated heterocycles. The fourth-order valence-corrected chi connectivity index (χ4v) is 5.85. The third-order valence-corrected chi connectivity index (χ3v) is 7.94. The summed E-state index contributed by atoms with van der Waals surface area (Å²) in [6, 6.07) is 1.41. The second-order valence-corrected chi connectivity index (χ2v) is 10.8. The van der Waals surface area contributed by atoms with Crippen LogP contribution in [0.5, 0.6) is 11.6 Å². The normalized spacial score (nSPS) is 30.0. The summed E-state index contributed by atoms with van der Waals surface area (Å²) in [5.74, 6) is -2.36. The number of aromatic nitrogens is 1. The van der Waals surface area contributed by atoms with Gasteiger partial charge in [-0.15, -0.1) is 0 Å². The highest BCUT2D eigenvalue weighted by Crippen LogP contribution is 2.36. The first kappa shape index (κ1) is 25.8. The number of nitrogens with zero attached hydrogens (tertiary/aromatic N) is 2. The molecular weight excluding hydrogens is 488 g/mol. The van der Waals surface area contributed by atoms with Crippen molar-refractivity contribution in [1.29, 1.82) is 0 Å².